The molecule has 0 aliphatic heterocycles. The monoisotopic (exact) mass is 313 g/mol. The highest BCUT2D eigenvalue weighted by Gasteiger charge is 2.27. The third kappa shape index (κ3) is 4.86. The summed E-state index contributed by atoms with van der Waals surface area (Å²) in [6, 6.07) is 6.94. The fourth-order valence-electron chi connectivity index (χ4n) is 1.66. The Morgan fingerprint density at radius 3 is 2.76 bits per heavy atom. The minimum absolute atomic E-state index is 0.484. The van der Waals surface area contributed by atoms with Crippen molar-refractivity contribution in [1.29, 1.82) is 0 Å². The minimum Gasteiger partial charge on any atom is -0.380 e. The summed E-state index contributed by atoms with van der Waals surface area (Å²) in [5.41, 5.74) is 1.60. The maximum atomic E-state index is 12.3. The fraction of sp³-hybridized carbons (Fsp3) is 0.214. The predicted molar refractivity (Wildman–Crippen MR) is 79.2 cm³/mol. The summed E-state index contributed by atoms with van der Waals surface area (Å²) in [4.78, 5) is 0.575. The van der Waals surface area contributed by atoms with E-state index in [-0.39, 0.29) is 0 Å². The van der Waals surface area contributed by atoms with E-state index in [1.165, 1.54) is 0 Å². The molecular formula is C14H14F3N3S. The number of nitrogens with zero attached hydrogens (tertiary/aromatic N) is 2. The van der Waals surface area contributed by atoms with Crippen LogP contribution in [0.3, 0.4) is 0 Å². The molecule has 2 rings (SSSR count). The van der Waals surface area contributed by atoms with E-state index in [0.717, 1.165) is 17.3 Å². The number of nitrogens with one attached hydrogen (secondary N) is 1. The van der Waals surface area contributed by atoms with Crippen LogP contribution in [0, 0.1) is 0 Å². The zero-order chi connectivity index (χ0) is 15.3. The Kier molecular flexibility index (Phi) is 4.95. The molecular weight excluding hydrogens is 299 g/mol. The lowest BCUT2D eigenvalue weighted by molar-refractivity contribution is -0.105. The molecule has 1 aromatic heterocycles. The molecule has 1 N–H and O–H groups in total. The maximum absolute atomic E-state index is 12.3. The standard InChI is InChI=1S/C14H14F3N3S/c1-2-20-9-11(8-19-20)7-18-12-5-3-4-6-13(12)21-10-14(15,16)17/h2-6,8-9,18H,1,7,10H2. The molecule has 0 saturated heterocycles. The average Bonchev–Trinajstić information content (AvgIpc) is 2.91. The maximum Gasteiger partial charge on any atom is 0.398 e. The van der Waals surface area contributed by atoms with Gasteiger partial charge >= 0.3 is 6.18 Å². The van der Waals surface area contributed by atoms with Crippen molar-refractivity contribution in [3.63, 3.8) is 0 Å². The van der Waals surface area contributed by atoms with Crippen LogP contribution >= 0.6 is 11.8 Å². The molecule has 1 heterocycles. The molecule has 0 aliphatic carbocycles. The first-order valence-electron chi connectivity index (χ1n) is 6.16. The van der Waals surface area contributed by atoms with Crippen molar-refractivity contribution in [2.75, 3.05) is 11.1 Å². The van der Waals surface area contributed by atoms with E-state index in [9.17, 15) is 13.2 Å². The number of thioether (sulfide) groups is 1. The number of benzene rings is 1. The first-order valence-corrected chi connectivity index (χ1v) is 7.14. The summed E-state index contributed by atoms with van der Waals surface area (Å²) in [5, 5.41) is 7.17. The predicted octanol–water partition coefficient (Wildman–Crippen LogP) is 4.25. The summed E-state index contributed by atoms with van der Waals surface area (Å²) in [7, 11) is 0. The molecule has 0 spiro atoms. The van der Waals surface area contributed by atoms with Gasteiger partial charge in [0.05, 0.1) is 11.9 Å². The first-order chi connectivity index (χ1) is 9.98. The van der Waals surface area contributed by atoms with Crippen LogP contribution in [0.15, 0.2) is 48.1 Å². The van der Waals surface area contributed by atoms with Crippen LogP contribution in [0.2, 0.25) is 0 Å². The molecule has 7 heteroatoms. The number of hydrogen-bond acceptors (Lipinski definition) is 3. The van der Waals surface area contributed by atoms with Gasteiger partial charge in [-0.25, -0.2) is 4.68 Å². The van der Waals surface area contributed by atoms with Crippen LogP contribution in [-0.4, -0.2) is 21.7 Å². The Morgan fingerprint density at radius 2 is 2.10 bits per heavy atom. The third-order valence-corrected chi connectivity index (χ3v) is 3.74. The highest BCUT2D eigenvalue weighted by atomic mass is 32.2. The molecule has 21 heavy (non-hydrogen) atoms. The van der Waals surface area contributed by atoms with Crippen molar-refractivity contribution in [1.82, 2.24) is 9.78 Å². The Morgan fingerprint density at radius 1 is 1.33 bits per heavy atom. The van der Waals surface area contributed by atoms with Gasteiger partial charge in [-0.15, -0.1) is 11.8 Å². The van der Waals surface area contributed by atoms with E-state index in [2.05, 4.69) is 17.0 Å². The molecule has 1 aromatic carbocycles. The van der Waals surface area contributed by atoms with Crippen LogP contribution in [-0.2, 0) is 6.54 Å². The molecule has 0 radical (unpaired) electrons. The van der Waals surface area contributed by atoms with Crippen molar-refractivity contribution < 1.29 is 13.2 Å². The molecule has 112 valence electrons. The number of hydrogen-bond donors (Lipinski definition) is 1. The molecule has 2 aromatic rings. The van der Waals surface area contributed by atoms with Gasteiger partial charge in [0.15, 0.2) is 0 Å². The molecule has 0 amide bonds. The molecule has 0 unspecified atom stereocenters. The Bertz CT molecular complexity index is 608. The van der Waals surface area contributed by atoms with Gasteiger partial charge in [0, 0.05) is 35.1 Å². The molecule has 0 fully saturated rings. The zero-order valence-electron chi connectivity index (χ0n) is 11.1. The molecule has 0 aliphatic rings. The van der Waals surface area contributed by atoms with Gasteiger partial charge in [-0.2, -0.15) is 18.3 Å². The van der Waals surface area contributed by atoms with Gasteiger partial charge in [-0.1, -0.05) is 18.7 Å². The lowest BCUT2D eigenvalue weighted by Crippen LogP contribution is -2.11. The Labute approximate surface area is 124 Å². The summed E-state index contributed by atoms with van der Waals surface area (Å²) in [5.74, 6) is -0.903. The summed E-state index contributed by atoms with van der Waals surface area (Å²) < 4.78 is 38.5. The van der Waals surface area contributed by atoms with Gasteiger partial charge in [-0.05, 0) is 12.1 Å². The van der Waals surface area contributed by atoms with E-state index in [1.54, 1.807) is 47.5 Å². The van der Waals surface area contributed by atoms with Gasteiger partial charge in [-0.3, -0.25) is 0 Å². The number of rotatable bonds is 6. The van der Waals surface area contributed by atoms with E-state index >= 15 is 0 Å². The average molecular weight is 313 g/mol. The topological polar surface area (TPSA) is 29.9 Å². The van der Waals surface area contributed by atoms with Gasteiger partial charge in [0.2, 0.25) is 0 Å². The van der Waals surface area contributed by atoms with Crippen molar-refractivity contribution in [3.8, 4) is 0 Å². The largest absolute Gasteiger partial charge is 0.398 e. The SMILES string of the molecule is C=Cn1cc(CNc2ccccc2SCC(F)(F)F)cn1. The van der Waals surface area contributed by atoms with Gasteiger partial charge < -0.3 is 5.32 Å². The number of anilines is 1. The van der Waals surface area contributed by atoms with Crippen LogP contribution in [0.25, 0.3) is 6.20 Å². The summed E-state index contributed by atoms with van der Waals surface area (Å²) in [6.07, 6.45) is 0.866. The van der Waals surface area contributed by atoms with Crippen LogP contribution in [0.4, 0.5) is 18.9 Å². The number of alkyl halides is 3. The highest BCUT2D eigenvalue weighted by molar-refractivity contribution is 7.99. The van der Waals surface area contributed by atoms with Crippen molar-refractivity contribution in [2.45, 2.75) is 17.6 Å². The molecule has 0 bridgehead atoms. The van der Waals surface area contributed by atoms with Crippen molar-refractivity contribution in [2.24, 2.45) is 0 Å². The number of halogens is 3. The Hall–Kier alpha value is -1.89. The van der Waals surface area contributed by atoms with Crippen molar-refractivity contribution in [3.05, 3.63) is 48.8 Å². The molecule has 0 saturated carbocycles. The van der Waals surface area contributed by atoms with Crippen LogP contribution in [0.5, 0.6) is 0 Å². The van der Waals surface area contributed by atoms with E-state index in [0.29, 0.717) is 17.1 Å². The second-order valence-electron chi connectivity index (χ2n) is 4.26. The third-order valence-electron chi connectivity index (χ3n) is 2.60. The summed E-state index contributed by atoms with van der Waals surface area (Å²) >= 11 is 0.774. The molecule has 3 nitrogen and oxygen atoms in total. The first kappa shape index (κ1) is 15.5. The quantitative estimate of drug-likeness (QED) is 0.809. The van der Waals surface area contributed by atoms with Gasteiger partial charge in [0.25, 0.3) is 0 Å². The normalized spacial score (nSPS) is 11.4. The van der Waals surface area contributed by atoms with E-state index in [4.69, 9.17) is 0 Å². The second-order valence-corrected chi connectivity index (χ2v) is 5.28. The van der Waals surface area contributed by atoms with Crippen molar-refractivity contribution >= 4 is 23.6 Å². The zero-order valence-corrected chi connectivity index (χ0v) is 11.9. The van der Waals surface area contributed by atoms with Crippen LogP contribution < -0.4 is 5.32 Å². The smallest absolute Gasteiger partial charge is 0.380 e. The van der Waals surface area contributed by atoms with E-state index in [1.807, 2.05) is 0 Å². The number of para-hydroxylation sites is 1. The van der Waals surface area contributed by atoms with Crippen LogP contribution in [0.1, 0.15) is 5.56 Å². The Balaban J connectivity index is 2.00. The second kappa shape index (κ2) is 6.71. The van der Waals surface area contributed by atoms with Gasteiger partial charge in [0.1, 0.15) is 0 Å². The van der Waals surface area contributed by atoms with E-state index < -0.39 is 11.9 Å². The summed E-state index contributed by atoms with van der Waals surface area (Å²) in [6.45, 7) is 4.08. The fourth-order valence-corrected chi connectivity index (χ4v) is 2.45. The lowest BCUT2D eigenvalue weighted by Gasteiger charge is -2.12. The molecule has 0 atom stereocenters. The number of aromatic nitrogens is 2. The minimum atomic E-state index is -4.18. The lowest BCUT2D eigenvalue weighted by atomic mass is 10.3. The highest BCUT2D eigenvalue weighted by Crippen LogP contribution is 2.32.